The van der Waals surface area contributed by atoms with Gasteiger partial charge >= 0.3 is 6.03 Å². The lowest BCUT2D eigenvalue weighted by atomic mass is 10.0. The van der Waals surface area contributed by atoms with Crippen molar-refractivity contribution in [3.05, 3.63) is 34.0 Å². The van der Waals surface area contributed by atoms with Crippen LogP contribution in [-0.4, -0.2) is 21.4 Å². The van der Waals surface area contributed by atoms with E-state index in [1.165, 1.54) is 0 Å². The fourth-order valence-corrected chi connectivity index (χ4v) is 2.58. The van der Waals surface area contributed by atoms with E-state index in [0.29, 0.717) is 6.54 Å². The molecule has 2 rings (SSSR count). The van der Waals surface area contributed by atoms with E-state index in [-0.39, 0.29) is 12.1 Å². The van der Waals surface area contributed by atoms with Gasteiger partial charge in [0.1, 0.15) is 5.76 Å². The first-order valence-electron chi connectivity index (χ1n) is 7.41. The number of aromatic nitrogens is 3. The van der Waals surface area contributed by atoms with Gasteiger partial charge in [-0.3, -0.25) is 5.10 Å². The van der Waals surface area contributed by atoms with Crippen LogP contribution >= 0.6 is 0 Å². The summed E-state index contributed by atoms with van der Waals surface area (Å²) in [5.74, 6) is 0.742. The fraction of sp³-hybridized carbons (Fsp3) is 0.533. The molecule has 2 heterocycles. The topological polar surface area (TPSA) is 95.8 Å². The van der Waals surface area contributed by atoms with Gasteiger partial charge in [0.15, 0.2) is 0 Å². The Balaban J connectivity index is 1.99. The molecule has 0 saturated carbocycles. The first-order valence-corrected chi connectivity index (χ1v) is 7.41. The highest BCUT2D eigenvalue weighted by atomic mass is 16.5. The van der Waals surface area contributed by atoms with Crippen molar-refractivity contribution >= 4 is 6.03 Å². The predicted molar refractivity (Wildman–Crippen MR) is 82.4 cm³/mol. The van der Waals surface area contributed by atoms with Crippen LogP contribution in [0.4, 0.5) is 4.79 Å². The average molecular weight is 305 g/mol. The summed E-state index contributed by atoms with van der Waals surface area (Å²) in [6, 6.07) is -0.329. The van der Waals surface area contributed by atoms with Crippen LogP contribution in [0.5, 0.6) is 0 Å². The van der Waals surface area contributed by atoms with Gasteiger partial charge in [0, 0.05) is 23.4 Å². The third kappa shape index (κ3) is 3.29. The minimum Gasteiger partial charge on any atom is -0.361 e. The quantitative estimate of drug-likeness (QED) is 0.791. The molecule has 22 heavy (non-hydrogen) atoms. The molecule has 0 aliphatic rings. The zero-order valence-corrected chi connectivity index (χ0v) is 13.7. The Morgan fingerprint density at radius 2 is 2.00 bits per heavy atom. The minimum absolute atomic E-state index is 0.113. The normalized spacial score (nSPS) is 12.2. The molecule has 7 nitrogen and oxygen atoms in total. The minimum atomic E-state index is -0.216. The lowest BCUT2D eigenvalue weighted by molar-refractivity contribution is 0.236. The van der Waals surface area contributed by atoms with Crippen LogP contribution in [0.3, 0.4) is 0 Å². The van der Waals surface area contributed by atoms with E-state index in [4.69, 9.17) is 4.52 Å². The van der Waals surface area contributed by atoms with E-state index in [1.54, 1.807) is 0 Å². The first-order chi connectivity index (χ1) is 10.4. The number of carbonyl (C=O) groups excluding carboxylic acids is 1. The maximum absolute atomic E-state index is 12.1. The number of H-pyrrole nitrogens is 1. The highest BCUT2D eigenvalue weighted by Gasteiger charge is 2.20. The second kappa shape index (κ2) is 6.64. The molecule has 0 fully saturated rings. The molecule has 3 N–H and O–H groups in total. The maximum atomic E-state index is 12.1. The molecule has 2 amide bonds. The summed E-state index contributed by atoms with van der Waals surface area (Å²) >= 11 is 0. The van der Waals surface area contributed by atoms with E-state index >= 15 is 0 Å². The molecule has 7 heteroatoms. The van der Waals surface area contributed by atoms with Crippen molar-refractivity contribution in [1.82, 2.24) is 26.0 Å². The van der Waals surface area contributed by atoms with Crippen LogP contribution in [0.15, 0.2) is 4.52 Å². The van der Waals surface area contributed by atoms with Crippen LogP contribution in [0.25, 0.3) is 0 Å². The van der Waals surface area contributed by atoms with Gasteiger partial charge in [0.2, 0.25) is 0 Å². The molecular formula is C15H23N5O2. The Bertz CT molecular complexity index is 620. The fourth-order valence-electron chi connectivity index (χ4n) is 2.58. The predicted octanol–water partition coefficient (Wildman–Crippen LogP) is 2.58. The zero-order valence-electron chi connectivity index (χ0n) is 13.7. The van der Waals surface area contributed by atoms with Crippen molar-refractivity contribution in [2.45, 2.75) is 53.6 Å². The van der Waals surface area contributed by atoms with Crippen LogP contribution in [0.2, 0.25) is 0 Å². The van der Waals surface area contributed by atoms with Crippen LogP contribution in [-0.2, 0) is 6.54 Å². The highest BCUT2D eigenvalue weighted by Crippen LogP contribution is 2.23. The molecule has 0 radical (unpaired) electrons. The monoisotopic (exact) mass is 305 g/mol. The molecule has 2 aromatic rings. The van der Waals surface area contributed by atoms with Gasteiger partial charge < -0.3 is 15.2 Å². The van der Waals surface area contributed by atoms with Crippen molar-refractivity contribution in [3.63, 3.8) is 0 Å². The van der Waals surface area contributed by atoms with Crippen LogP contribution < -0.4 is 10.6 Å². The van der Waals surface area contributed by atoms with E-state index in [0.717, 1.165) is 40.4 Å². The van der Waals surface area contributed by atoms with E-state index in [9.17, 15) is 4.79 Å². The Labute approximate surface area is 129 Å². The van der Waals surface area contributed by atoms with Crippen LogP contribution in [0, 0.1) is 27.7 Å². The van der Waals surface area contributed by atoms with E-state index in [1.807, 2.05) is 34.6 Å². The Hall–Kier alpha value is -2.31. The van der Waals surface area contributed by atoms with Crippen molar-refractivity contribution in [3.8, 4) is 0 Å². The molecule has 1 atom stereocenters. The largest absolute Gasteiger partial charge is 0.361 e. The van der Waals surface area contributed by atoms with Gasteiger partial charge in [-0.2, -0.15) is 5.10 Å². The van der Waals surface area contributed by atoms with Crippen molar-refractivity contribution in [1.29, 1.82) is 0 Å². The number of carbonyl (C=O) groups is 1. The molecule has 120 valence electrons. The number of nitrogens with zero attached hydrogens (tertiary/aromatic N) is 2. The van der Waals surface area contributed by atoms with E-state index in [2.05, 4.69) is 26.0 Å². The third-order valence-corrected chi connectivity index (χ3v) is 3.86. The lowest BCUT2D eigenvalue weighted by Crippen LogP contribution is -2.37. The standard InChI is InChI=1S/C15H23N5O2/c1-6-13(14-10(4)20-22-11(14)5)17-15(21)16-7-12-8(2)18-19-9(12)3/h13H,6-7H2,1-5H3,(H,18,19)(H2,16,17,21)/t13-/m0/s1. The van der Waals surface area contributed by atoms with Gasteiger partial charge in [-0.1, -0.05) is 12.1 Å². The summed E-state index contributed by atoms with van der Waals surface area (Å²) in [5, 5.41) is 16.8. The van der Waals surface area contributed by atoms with Gasteiger partial charge in [-0.05, 0) is 34.1 Å². The van der Waals surface area contributed by atoms with Gasteiger partial charge in [0.05, 0.1) is 17.4 Å². The van der Waals surface area contributed by atoms with Crippen molar-refractivity contribution in [2.24, 2.45) is 0 Å². The van der Waals surface area contributed by atoms with Gasteiger partial charge in [0.25, 0.3) is 0 Å². The number of aryl methyl sites for hydroxylation is 4. The molecule has 0 unspecified atom stereocenters. The SMILES string of the molecule is CC[C@H](NC(=O)NCc1c(C)n[nH]c1C)c1c(C)noc1C. The molecular weight excluding hydrogens is 282 g/mol. The van der Waals surface area contributed by atoms with Gasteiger partial charge in [-0.15, -0.1) is 0 Å². The molecule has 0 bridgehead atoms. The summed E-state index contributed by atoms with van der Waals surface area (Å²) < 4.78 is 5.18. The first kappa shape index (κ1) is 16.1. The number of urea groups is 1. The molecule has 0 spiro atoms. The maximum Gasteiger partial charge on any atom is 0.315 e. The van der Waals surface area contributed by atoms with Gasteiger partial charge in [-0.25, -0.2) is 4.79 Å². The molecule has 0 saturated heterocycles. The summed E-state index contributed by atoms with van der Waals surface area (Å²) in [6.07, 6.45) is 0.764. The number of aromatic amines is 1. The average Bonchev–Trinajstić information content (AvgIpc) is 2.98. The van der Waals surface area contributed by atoms with Crippen molar-refractivity contribution in [2.75, 3.05) is 0 Å². The lowest BCUT2D eigenvalue weighted by Gasteiger charge is -2.17. The second-order valence-corrected chi connectivity index (χ2v) is 5.44. The third-order valence-electron chi connectivity index (χ3n) is 3.86. The molecule has 0 aliphatic carbocycles. The highest BCUT2D eigenvalue weighted by molar-refractivity contribution is 5.74. The summed E-state index contributed by atoms with van der Waals surface area (Å²) in [6.45, 7) is 10.0. The molecule has 0 aliphatic heterocycles. The number of hydrogen-bond acceptors (Lipinski definition) is 4. The van der Waals surface area contributed by atoms with Crippen LogP contribution in [0.1, 0.15) is 53.4 Å². The number of amides is 2. The second-order valence-electron chi connectivity index (χ2n) is 5.44. The smallest absolute Gasteiger partial charge is 0.315 e. The summed E-state index contributed by atoms with van der Waals surface area (Å²) in [7, 11) is 0. The summed E-state index contributed by atoms with van der Waals surface area (Å²) in [5.41, 5.74) is 4.64. The number of hydrogen-bond donors (Lipinski definition) is 3. The molecule has 0 aromatic carbocycles. The number of rotatable bonds is 5. The Morgan fingerprint density at radius 1 is 1.27 bits per heavy atom. The Kier molecular flexibility index (Phi) is 4.85. The zero-order chi connectivity index (χ0) is 16.3. The Morgan fingerprint density at radius 3 is 2.50 bits per heavy atom. The molecule has 2 aromatic heterocycles. The van der Waals surface area contributed by atoms with E-state index < -0.39 is 0 Å². The van der Waals surface area contributed by atoms with Crippen molar-refractivity contribution < 1.29 is 9.32 Å². The number of nitrogens with one attached hydrogen (secondary N) is 3. The summed E-state index contributed by atoms with van der Waals surface area (Å²) in [4.78, 5) is 12.1.